The van der Waals surface area contributed by atoms with Gasteiger partial charge in [0, 0.05) is 18.1 Å². The molecule has 0 bridgehead atoms. The zero-order valence-electron chi connectivity index (χ0n) is 10.6. The molecule has 0 radical (unpaired) electrons. The molecule has 0 unspecified atom stereocenters. The second kappa shape index (κ2) is 4.39. The zero-order chi connectivity index (χ0) is 13.4. The second-order valence-corrected chi connectivity index (χ2v) is 4.57. The van der Waals surface area contributed by atoms with E-state index >= 15 is 0 Å². The van der Waals surface area contributed by atoms with Gasteiger partial charge in [0.2, 0.25) is 5.69 Å². The first-order valence-electron chi connectivity index (χ1n) is 6.13. The lowest BCUT2D eigenvalue weighted by Gasteiger charge is -2.15. The van der Waals surface area contributed by atoms with Gasteiger partial charge in [-0.1, -0.05) is 0 Å². The fourth-order valence-electron chi connectivity index (χ4n) is 2.50. The Balaban J connectivity index is 2.12. The quantitative estimate of drug-likeness (QED) is 0.835. The van der Waals surface area contributed by atoms with Crippen LogP contribution >= 0.6 is 0 Å². The highest BCUT2D eigenvalue weighted by Crippen LogP contribution is 2.28. The van der Waals surface area contributed by atoms with E-state index in [4.69, 9.17) is 9.84 Å². The van der Waals surface area contributed by atoms with Crippen molar-refractivity contribution in [2.45, 2.75) is 13.0 Å². The number of hydrogen-bond acceptors (Lipinski definition) is 2. The molecule has 3 rings (SSSR count). The van der Waals surface area contributed by atoms with Crippen LogP contribution in [0.25, 0.3) is 11.3 Å². The zero-order valence-corrected chi connectivity index (χ0v) is 10.6. The number of pyridine rings is 1. The second-order valence-electron chi connectivity index (χ2n) is 4.57. The van der Waals surface area contributed by atoms with Gasteiger partial charge in [0.1, 0.15) is 11.3 Å². The number of nitrogens with zero attached hydrogens (tertiary/aromatic N) is 1. The first-order chi connectivity index (χ1) is 9.19. The largest absolute Gasteiger partial charge is 0.497 e. The number of methoxy groups -OCH3 is 1. The van der Waals surface area contributed by atoms with Gasteiger partial charge in [-0.25, -0.2) is 4.79 Å². The Kier molecular flexibility index (Phi) is 2.71. The van der Waals surface area contributed by atoms with Crippen LogP contribution in [-0.4, -0.2) is 18.2 Å². The van der Waals surface area contributed by atoms with E-state index < -0.39 is 5.97 Å². The SMILES string of the molecule is COc1ccc2c(c1)CC[n+]1cc(C(=O)O)ccc1-2. The van der Waals surface area contributed by atoms with Crippen molar-refractivity contribution in [1.82, 2.24) is 0 Å². The van der Waals surface area contributed by atoms with E-state index in [1.54, 1.807) is 19.4 Å². The topological polar surface area (TPSA) is 50.4 Å². The van der Waals surface area contributed by atoms with E-state index in [1.165, 1.54) is 5.56 Å². The van der Waals surface area contributed by atoms with Gasteiger partial charge in [-0.3, -0.25) is 0 Å². The molecule has 19 heavy (non-hydrogen) atoms. The molecule has 0 saturated carbocycles. The molecule has 1 aromatic carbocycles. The molecule has 1 N–H and O–H groups in total. The Hall–Kier alpha value is -2.36. The Labute approximate surface area is 110 Å². The predicted octanol–water partition coefficient (Wildman–Crippen LogP) is 1.90. The number of hydrogen-bond donors (Lipinski definition) is 1. The van der Waals surface area contributed by atoms with Crippen molar-refractivity contribution in [3.63, 3.8) is 0 Å². The van der Waals surface area contributed by atoms with Crippen LogP contribution < -0.4 is 9.30 Å². The molecule has 0 spiro atoms. The molecule has 96 valence electrons. The molecule has 0 amide bonds. The summed E-state index contributed by atoms with van der Waals surface area (Å²) in [4.78, 5) is 11.0. The van der Waals surface area contributed by atoms with Crippen LogP contribution in [0.3, 0.4) is 0 Å². The summed E-state index contributed by atoms with van der Waals surface area (Å²) in [6, 6.07) is 9.52. The molecule has 2 heterocycles. The van der Waals surface area contributed by atoms with Gasteiger partial charge in [0.05, 0.1) is 7.11 Å². The highest BCUT2D eigenvalue weighted by molar-refractivity contribution is 5.87. The summed E-state index contributed by atoms with van der Waals surface area (Å²) in [5, 5.41) is 9.02. The molecule has 1 aromatic heterocycles. The van der Waals surface area contributed by atoms with Gasteiger partial charge < -0.3 is 9.84 Å². The van der Waals surface area contributed by atoms with E-state index in [9.17, 15) is 4.79 Å². The number of carboxylic acid groups (broad SMARTS) is 1. The van der Waals surface area contributed by atoms with E-state index in [0.717, 1.165) is 30.0 Å². The predicted molar refractivity (Wildman–Crippen MR) is 69.3 cm³/mol. The number of ether oxygens (including phenoxy) is 1. The molecule has 1 aliphatic heterocycles. The highest BCUT2D eigenvalue weighted by Gasteiger charge is 2.24. The van der Waals surface area contributed by atoms with Crippen molar-refractivity contribution < 1.29 is 19.2 Å². The Morgan fingerprint density at radius 3 is 2.89 bits per heavy atom. The third kappa shape index (κ3) is 1.95. The molecule has 1 aliphatic rings. The number of benzene rings is 1. The van der Waals surface area contributed by atoms with Crippen molar-refractivity contribution in [3.8, 4) is 17.0 Å². The lowest BCUT2D eigenvalue weighted by molar-refractivity contribution is -0.687. The van der Waals surface area contributed by atoms with Gasteiger partial charge in [-0.15, -0.1) is 0 Å². The standard InChI is InChI=1S/C15H13NO3/c1-19-12-3-4-13-10(8-12)6-7-16-9-11(15(17)18)2-5-14(13)16/h2-5,8-9H,6-7H2,1H3/p+1. The van der Waals surface area contributed by atoms with Gasteiger partial charge in [-0.2, -0.15) is 4.57 Å². The minimum atomic E-state index is -0.893. The van der Waals surface area contributed by atoms with Crippen LogP contribution in [-0.2, 0) is 13.0 Å². The maximum atomic E-state index is 11.0. The summed E-state index contributed by atoms with van der Waals surface area (Å²) in [7, 11) is 1.66. The minimum absolute atomic E-state index is 0.320. The molecule has 2 aromatic rings. The van der Waals surface area contributed by atoms with Gasteiger partial charge in [-0.05, 0) is 29.8 Å². The van der Waals surface area contributed by atoms with Crippen LogP contribution in [0.2, 0.25) is 0 Å². The Morgan fingerprint density at radius 1 is 1.32 bits per heavy atom. The molecular weight excluding hydrogens is 242 g/mol. The summed E-state index contributed by atoms with van der Waals surface area (Å²) in [6.07, 6.45) is 2.58. The normalized spacial score (nSPS) is 12.5. The first kappa shape index (κ1) is 11.7. The van der Waals surface area contributed by atoms with Crippen molar-refractivity contribution in [2.75, 3.05) is 7.11 Å². The summed E-state index contributed by atoms with van der Waals surface area (Å²) in [5.41, 5.74) is 3.75. The fourth-order valence-corrected chi connectivity index (χ4v) is 2.50. The third-order valence-corrected chi connectivity index (χ3v) is 3.48. The number of aromatic nitrogens is 1. The van der Waals surface area contributed by atoms with Crippen LogP contribution in [0.1, 0.15) is 15.9 Å². The number of carbonyl (C=O) groups is 1. The Morgan fingerprint density at radius 2 is 2.16 bits per heavy atom. The van der Waals surface area contributed by atoms with Crippen molar-refractivity contribution in [2.24, 2.45) is 0 Å². The van der Waals surface area contributed by atoms with E-state index in [1.807, 2.05) is 28.8 Å². The summed E-state index contributed by atoms with van der Waals surface area (Å²) in [5.74, 6) is -0.0369. The average molecular weight is 256 g/mol. The van der Waals surface area contributed by atoms with E-state index in [2.05, 4.69) is 0 Å². The average Bonchev–Trinajstić information content (AvgIpc) is 2.45. The number of aryl methyl sites for hydroxylation is 2. The summed E-state index contributed by atoms with van der Waals surface area (Å²) >= 11 is 0. The number of fused-ring (bicyclic) bond motifs is 3. The molecule has 0 atom stereocenters. The molecule has 4 nitrogen and oxygen atoms in total. The molecule has 0 saturated heterocycles. The number of rotatable bonds is 2. The van der Waals surface area contributed by atoms with Crippen molar-refractivity contribution in [3.05, 3.63) is 47.7 Å². The smallest absolute Gasteiger partial charge is 0.341 e. The first-order valence-corrected chi connectivity index (χ1v) is 6.13. The van der Waals surface area contributed by atoms with Crippen LogP contribution in [0.15, 0.2) is 36.5 Å². The van der Waals surface area contributed by atoms with Gasteiger partial charge in [0.25, 0.3) is 0 Å². The lowest BCUT2D eigenvalue weighted by atomic mass is 9.96. The van der Waals surface area contributed by atoms with Crippen LogP contribution in [0.4, 0.5) is 0 Å². The van der Waals surface area contributed by atoms with Gasteiger partial charge in [0.15, 0.2) is 12.7 Å². The molecule has 4 heteroatoms. The fraction of sp³-hybridized carbons (Fsp3) is 0.200. The Bertz CT molecular complexity index is 664. The van der Waals surface area contributed by atoms with E-state index in [-0.39, 0.29) is 0 Å². The number of carboxylic acids is 1. The maximum absolute atomic E-state index is 11.0. The molecular formula is C15H14NO3+. The molecule has 0 aliphatic carbocycles. The van der Waals surface area contributed by atoms with Crippen LogP contribution in [0.5, 0.6) is 5.75 Å². The van der Waals surface area contributed by atoms with Gasteiger partial charge >= 0.3 is 5.97 Å². The number of aromatic carboxylic acids is 1. The van der Waals surface area contributed by atoms with Crippen LogP contribution in [0, 0.1) is 0 Å². The monoisotopic (exact) mass is 256 g/mol. The summed E-state index contributed by atoms with van der Waals surface area (Å²) in [6.45, 7) is 0.788. The minimum Gasteiger partial charge on any atom is -0.497 e. The lowest BCUT2D eigenvalue weighted by Crippen LogP contribution is -2.40. The third-order valence-electron chi connectivity index (χ3n) is 3.48. The van der Waals surface area contributed by atoms with Crippen molar-refractivity contribution in [1.29, 1.82) is 0 Å². The van der Waals surface area contributed by atoms with Crippen molar-refractivity contribution >= 4 is 5.97 Å². The molecule has 0 fully saturated rings. The highest BCUT2D eigenvalue weighted by atomic mass is 16.5. The van der Waals surface area contributed by atoms with E-state index in [0.29, 0.717) is 5.56 Å². The maximum Gasteiger partial charge on any atom is 0.341 e. The summed E-state index contributed by atoms with van der Waals surface area (Å²) < 4.78 is 7.23.